The molecule has 0 bridgehead atoms. The molecule has 0 amide bonds. The van der Waals surface area contributed by atoms with Crippen LogP contribution in [0.15, 0.2) is 72.9 Å². The zero-order valence-electron chi connectivity index (χ0n) is 41.7. The first-order valence-electron chi connectivity index (χ1n) is 25.6. The maximum absolute atomic E-state index is 12.7. The van der Waals surface area contributed by atoms with Crippen LogP contribution in [0.25, 0.3) is 0 Å². The van der Waals surface area contributed by atoms with Crippen molar-refractivity contribution in [1.29, 1.82) is 0 Å². The number of unbranched alkanes of at least 4 members (excludes halogenated alkanes) is 20. The smallest absolute Gasteiger partial charge is 0.306 e. The van der Waals surface area contributed by atoms with Gasteiger partial charge in [-0.1, -0.05) is 215 Å². The lowest BCUT2D eigenvalue weighted by atomic mass is 10.0. The second kappa shape index (κ2) is 45.6. The standard InChI is InChI=1S/C54H96NO8P/c1-6-8-10-12-14-16-18-20-22-24-26-27-29-30-32-34-36-38-40-42-44-46-53(56)60-50-52(51-62-64(58,59)61-49-48-55(3,4)5)63-54(57)47-45-43-41-39-37-35-33-31-28-25-23-21-19-17-15-13-11-9-7-2/h9,11,15,17,21,23,28,31,35,37,41,43,52H,6-8,10,12-14,16,18-20,22,24-27,29-30,32-34,36,38-40,42,44-51H2,1-5H3/b11-9-,17-15-,23-21-,31-28-,37-35-,43-41-/t52-/m1/s1. The van der Waals surface area contributed by atoms with Crippen molar-refractivity contribution in [1.82, 2.24) is 0 Å². The molecule has 0 fully saturated rings. The van der Waals surface area contributed by atoms with E-state index < -0.39 is 32.5 Å². The number of esters is 2. The van der Waals surface area contributed by atoms with Gasteiger partial charge in [0, 0.05) is 12.8 Å². The summed E-state index contributed by atoms with van der Waals surface area (Å²) in [5.41, 5.74) is 0. The van der Waals surface area contributed by atoms with E-state index in [0.29, 0.717) is 17.4 Å². The molecule has 0 aliphatic heterocycles. The molecule has 0 aliphatic rings. The van der Waals surface area contributed by atoms with Crippen LogP contribution in [0.2, 0.25) is 0 Å². The third-order valence-electron chi connectivity index (χ3n) is 10.8. The fourth-order valence-corrected chi connectivity index (χ4v) is 7.53. The Morgan fingerprint density at radius 3 is 1.30 bits per heavy atom. The third-order valence-corrected chi connectivity index (χ3v) is 11.7. The highest BCUT2D eigenvalue weighted by atomic mass is 31.2. The Morgan fingerprint density at radius 2 is 0.891 bits per heavy atom. The van der Waals surface area contributed by atoms with Crippen molar-refractivity contribution < 1.29 is 42.1 Å². The Bertz CT molecular complexity index is 1310. The lowest BCUT2D eigenvalue weighted by Gasteiger charge is -2.28. The quantitative estimate of drug-likeness (QED) is 0.0195. The van der Waals surface area contributed by atoms with Gasteiger partial charge < -0.3 is 27.9 Å². The van der Waals surface area contributed by atoms with Crippen LogP contribution in [0, 0.1) is 0 Å². The van der Waals surface area contributed by atoms with Crippen molar-refractivity contribution in [2.75, 3.05) is 47.5 Å². The molecule has 0 saturated carbocycles. The number of carbonyl (C=O) groups excluding carboxylic acids is 2. The minimum Gasteiger partial charge on any atom is -0.756 e. The van der Waals surface area contributed by atoms with Gasteiger partial charge in [0.2, 0.25) is 0 Å². The molecule has 2 atom stereocenters. The van der Waals surface area contributed by atoms with Crippen LogP contribution >= 0.6 is 7.82 Å². The van der Waals surface area contributed by atoms with Gasteiger partial charge in [-0.05, 0) is 51.4 Å². The summed E-state index contributed by atoms with van der Waals surface area (Å²) in [6.45, 7) is 4.05. The fourth-order valence-electron chi connectivity index (χ4n) is 6.80. The van der Waals surface area contributed by atoms with Crippen molar-refractivity contribution in [3.8, 4) is 0 Å². The molecule has 0 aromatic heterocycles. The molecule has 0 rings (SSSR count). The number of allylic oxidation sites excluding steroid dienone is 12. The molecule has 0 aliphatic carbocycles. The van der Waals surface area contributed by atoms with Crippen LogP contribution < -0.4 is 4.89 Å². The number of phosphoric acid groups is 1. The molecule has 0 radical (unpaired) electrons. The highest BCUT2D eigenvalue weighted by molar-refractivity contribution is 7.45. The summed E-state index contributed by atoms with van der Waals surface area (Å²) in [5, 5.41) is 0. The molecule has 0 saturated heterocycles. The van der Waals surface area contributed by atoms with Crippen molar-refractivity contribution in [3.63, 3.8) is 0 Å². The van der Waals surface area contributed by atoms with Crippen LogP contribution in [0.5, 0.6) is 0 Å². The van der Waals surface area contributed by atoms with Crippen molar-refractivity contribution in [2.24, 2.45) is 0 Å². The van der Waals surface area contributed by atoms with Gasteiger partial charge in [0.15, 0.2) is 6.10 Å². The van der Waals surface area contributed by atoms with Crippen molar-refractivity contribution >= 4 is 19.8 Å². The number of hydrogen-bond acceptors (Lipinski definition) is 8. The number of rotatable bonds is 46. The van der Waals surface area contributed by atoms with Gasteiger partial charge in [0.25, 0.3) is 7.82 Å². The van der Waals surface area contributed by atoms with Crippen LogP contribution in [-0.2, 0) is 32.7 Å². The monoisotopic (exact) mass is 918 g/mol. The molecule has 1 unspecified atom stereocenters. The number of likely N-dealkylation sites (N-methyl/N-ethyl adjacent to an activating group) is 1. The van der Waals surface area contributed by atoms with Gasteiger partial charge in [0.05, 0.1) is 27.7 Å². The van der Waals surface area contributed by atoms with E-state index in [2.05, 4.69) is 74.6 Å². The molecule has 10 heteroatoms. The van der Waals surface area contributed by atoms with E-state index in [4.69, 9.17) is 18.5 Å². The molecular weight excluding hydrogens is 822 g/mol. The molecular formula is C54H96NO8P. The van der Waals surface area contributed by atoms with Gasteiger partial charge in [-0.3, -0.25) is 14.2 Å². The fraction of sp³-hybridized carbons (Fsp3) is 0.741. The predicted molar refractivity (Wildman–Crippen MR) is 268 cm³/mol. The average Bonchev–Trinajstić information content (AvgIpc) is 3.25. The molecule has 0 aromatic carbocycles. The Morgan fingerprint density at radius 1 is 0.500 bits per heavy atom. The molecule has 0 spiro atoms. The predicted octanol–water partition coefficient (Wildman–Crippen LogP) is 14.7. The van der Waals surface area contributed by atoms with Crippen LogP contribution in [0.1, 0.15) is 206 Å². The van der Waals surface area contributed by atoms with E-state index in [1.54, 1.807) is 0 Å². The van der Waals surface area contributed by atoms with E-state index in [1.165, 1.54) is 116 Å². The minimum absolute atomic E-state index is 0.0464. The normalized spacial score (nSPS) is 14.0. The summed E-state index contributed by atoms with van der Waals surface area (Å²) in [6.07, 6.45) is 58.1. The summed E-state index contributed by atoms with van der Waals surface area (Å²) < 4.78 is 33.9. The van der Waals surface area contributed by atoms with Gasteiger partial charge >= 0.3 is 11.9 Å². The Kier molecular flexibility index (Phi) is 43.8. The number of ether oxygens (including phenoxy) is 2. The Balaban J connectivity index is 4.34. The van der Waals surface area contributed by atoms with Crippen LogP contribution in [0.4, 0.5) is 0 Å². The molecule has 370 valence electrons. The second-order valence-electron chi connectivity index (χ2n) is 18.2. The van der Waals surface area contributed by atoms with E-state index >= 15 is 0 Å². The highest BCUT2D eigenvalue weighted by Crippen LogP contribution is 2.38. The molecule has 9 nitrogen and oxygen atoms in total. The summed E-state index contributed by atoms with van der Waals surface area (Å²) in [7, 11) is 1.12. The molecule has 0 aromatic rings. The molecule has 64 heavy (non-hydrogen) atoms. The number of nitrogens with zero attached hydrogens (tertiary/aromatic N) is 1. The van der Waals surface area contributed by atoms with E-state index in [9.17, 15) is 19.0 Å². The van der Waals surface area contributed by atoms with E-state index in [1.807, 2.05) is 33.3 Å². The summed E-state index contributed by atoms with van der Waals surface area (Å²) >= 11 is 0. The molecule has 0 N–H and O–H groups in total. The van der Waals surface area contributed by atoms with Crippen molar-refractivity contribution in [2.45, 2.75) is 213 Å². The lowest BCUT2D eigenvalue weighted by molar-refractivity contribution is -0.870. The summed E-state index contributed by atoms with van der Waals surface area (Å²) in [5.74, 6) is -0.929. The number of quaternary nitrogens is 1. The number of hydrogen-bond donors (Lipinski definition) is 0. The van der Waals surface area contributed by atoms with Gasteiger partial charge in [-0.2, -0.15) is 0 Å². The SMILES string of the molecule is CC/C=C\C/C=C\C/C=C\C/C=C\C/C=C\C/C=C\CCC(=O)O[C@H](COC(=O)CCCCCCCCCCCCCCCCCCCCCCC)COP(=O)([O-])OCC[N+](C)(C)C. The first-order chi connectivity index (χ1) is 31.0. The average molecular weight is 918 g/mol. The third kappa shape index (κ3) is 48.9. The van der Waals surface area contributed by atoms with Crippen LogP contribution in [0.3, 0.4) is 0 Å². The van der Waals surface area contributed by atoms with E-state index in [0.717, 1.165) is 57.8 Å². The largest absolute Gasteiger partial charge is 0.756 e. The van der Waals surface area contributed by atoms with Crippen LogP contribution in [-0.4, -0.2) is 70.0 Å². The van der Waals surface area contributed by atoms with Crippen molar-refractivity contribution in [3.05, 3.63) is 72.9 Å². The van der Waals surface area contributed by atoms with E-state index in [-0.39, 0.29) is 26.1 Å². The second-order valence-corrected chi connectivity index (χ2v) is 19.6. The Labute approximate surface area is 393 Å². The lowest BCUT2D eigenvalue weighted by Crippen LogP contribution is -2.37. The highest BCUT2D eigenvalue weighted by Gasteiger charge is 2.21. The summed E-state index contributed by atoms with van der Waals surface area (Å²) in [4.78, 5) is 37.7. The minimum atomic E-state index is -4.65. The first kappa shape index (κ1) is 61.5. The number of carbonyl (C=O) groups is 2. The number of phosphoric ester groups is 1. The summed E-state index contributed by atoms with van der Waals surface area (Å²) in [6, 6.07) is 0. The van der Waals surface area contributed by atoms with Gasteiger partial charge in [-0.25, -0.2) is 0 Å². The molecule has 0 heterocycles. The maximum Gasteiger partial charge on any atom is 0.306 e. The van der Waals surface area contributed by atoms with Gasteiger partial charge in [-0.15, -0.1) is 0 Å². The topological polar surface area (TPSA) is 111 Å². The van der Waals surface area contributed by atoms with Gasteiger partial charge in [0.1, 0.15) is 19.8 Å². The zero-order chi connectivity index (χ0) is 47.1. The Hall–Kier alpha value is -2.55. The first-order valence-corrected chi connectivity index (χ1v) is 27.1. The zero-order valence-corrected chi connectivity index (χ0v) is 42.6. The maximum atomic E-state index is 12.7.